The van der Waals surface area contributed by atoms with E-state index in [0.717, 1.165) is 25.0 Å². The average molecular weight is 307 g/mol. The van der Waals surface area contributed by atoms with E-state index in [9.17, 15) is 23.5 Å². The molecular formula is C16H15F2NO3. The number of halogens is 2. The zero-order valence-electron chi connectivity index (χ0n) is 11.6. The Labute approximate surface area is 125 Å². The fraction of sp³-hybridized carbons (Fsp3) is 0.375. The number of allylic oxidation sites excluding steroid dienone is 2. The van der Waals surface area contributed by atoms with E-state index in [-0.39, 0.29) is 17.5 Å². The number of rotatable bonds is 3. The molecule has 0 aliphatic heterocycles. The molecule has 1 saturated carbocycles. The van der Waals surface area contributed by atoms with Crippen molar-refractivity contribution in [3.8, 4) is 0 Å². The molecule has 116 valence electrons. The van der Waals surface area contributed by atoms with Crippen LogP contribution in [-0.2, 0) is 9.59 Å². The maximum Gasteiger partial charge on any atom is 0.307 e. The third-order valence-electron chi connectivity index (χ3n) is 4.52. The van der Waals surface area contributed by atoms with Gasteiger partial charge in [-0.1, -0.05) is 12.2 Å². The second-order valence-corrected chi connectivity index (χ2v) is 5.80. The quantitative estimate of drug-likeness (QED) is 0.844. The van der Waals surface area contributed by atoms with Gasteiger partial charge in [0.2, 0.25) is 5.91 Å². The molecule has 1 amide bonds. The molecule has 0 saturated heterocycles. The first-order valence-electron chi connectivity index (χ1n) is 7.14. The number of carboxylic acids is 1. The number of aliphatic carboxylic acids is 1. The van der Waals surface area contributed by atoms with Crippen LogP contribution in [-0.4, -0.2) is 17.0 Å². The van der Waals surface area contributed by atoms with Gasteiger partial charge in [-0.05, 0) is 36.8 Å². The maximum atomic E-state index is 13.2. The largest absolute Gasteiger partial charge is 0.481 e. The number of hydrogen-bond acceptors (Lipinski definition) is 2. The minimum Gasteiger partial charge on any atom is -0.481 e. The molecule has 0 spiro atoms. The summed E-state index contributed by atoms with van der Waals surface area (Å²) in [6.45, 7) is 0. The minimum atomic E-state index is -1.06. The summed E-state index contributed by atoms with van der Waals surface area (Å²) in [6.07, 6.45) is 5.28. The number of fused-ring (bicyclic) bond motifs is 2. The fourth-order valence-corrected chi connectivity index (χ4v) is 3.49. The van der Waals surface area contributed by atoms with Crippen LogP contribution in [0.25, 0.3) is 0 Å². The van der Waals surface area contributed by atoms with Gasteiger partial charge in [0.25, 0.3) is 0 Å². The van der Waals surface area contributed by atoms with Crippen LogP contribution in [0.3, 0.4) is 0 Å². The Kier molecular flexibility index (Phi) is 3.68. The van der Waals surface area contributed by atoms with Crippen molar-refractivity contribution in [2.24, 2.45) is 23.7 Å². The Bertz CT molecular complexity index is 659. The second kappa shape index (κ2) is 5.51. The lowest BCUT2D eigenvalue weighted by Crippen LogP contribution is -2.47. The third kappa shape index (κ3) is 2.49. The molecule has 4 nitrogen and oxygen atoms in total. The summed E-state index contributed by atoms with van der Waals surface area (Å²) in [7, 11) is 0. The van der Waals surface area contributed by atoms with E-state index in [1.54, 1.807) is 0 Å². The van der Waals surface area contributed by atoms with Gasteiger partial charge in [0.15, 0.2) is 11.6 Å². The lowest BCUT2D eigenvalue weighted by atomic mass is 9.62. The van der Waals surface area contributed by atoms with E-state index in [1.807, 2.05) is 12.2 Å². The van der Waals surface area contributed by atoms with E-state index in [0.29, 0.717) is 0 Å². The van der Waals surface area contributed by atoms with E-state index < -0.39 is 35.3 Å². The Hall–Kier alpha value is -2.24. The lowest BCUT2D eigenvalue weighted by molar-refractivity contribution is -0.151. The standard InChI is InChI=1S/C16H15F2NO3/c17-11-6-5-10(7-12(11)18)19-15(20)13-8-1-3-9(4-2-8)14(13)16(21)22/h1,3,5-9,13-14H,2,4H2,(H,19,20)(H,21,22)/t8-,9-,13-,14+/m0/s1. The van der Waals surface area contributed by atoms with Gasteiger partial charge in [-0.15, -0.1) is 0 Å². The van der Waals surface area contributed by atoms with Gasteiger partial charge in [0, 0.05) is 11.8 Å². The minimum absolute atomic E-state index is 0.124. The molecule has 0 heterocycles. The highest BCUT2D eigenvalue weighted by Crippen LogP contribution is 2.45. The Balaban J connectivity index is 1.82. The molecule has 1 aromatic carbocycles. The first-order valence-corrected chi connectivity index (χ1v) is 7.14. The number of benzene rings is 1. The molecule has 6 heteroatoms. The predicted octanol–water partition coefficient (Wildman–Crippen LogP) is 2.82. The normalized spacial score (nSPS) is 29.4. The number of anilines is 1. The third-order valence-corrected chi connectivity index (χ3v) is 4.52. The Morgan fingerprint density at radius 1 is 1.05 bits per heavy atom. The van der Waals surface area contributed by atoms with Crippen LogP contribution < -0.4 is 5.32 Å². The summed E-state index contributed by atoms with van der Waals surface area (Å²) >= 11 is 0. The first kappa shape index (κ1) is 14.7. The van der Waals surface area contributed by atoms with E-state index in [4.69, 9.17) is 0 Å². The molecule has 0 aromatic heterocycles. The number of carboxylic acid groups (broad SMARTS) is 1. The number of amides is 1. The van der Waals surface area contributed by atoms with Crippen molar-refractivity contribution in [1.29, 1.82) is 0 Å². The zero-order chi connectivity index (χ0) is 15.9. The van der Waals surface area contributed by atoms with Crippen LogP contribution >= 0.6 is 0 Å². The van der Waals surface area contributed by atoms with Crippen LogP contribution in [0.1, 0.15) is 12.8 Å². The van der Waals surface area contributed by atoms with Crippen LogP contribution in [0, 0.1) is 35.3 Å². The summed E-state index contributed by atoms with van der Waals surface area (Å²) in [5, 5.41) is 11.9. The van der Waals surface area contributed by atoms with Crippen molar-refractivity contribution < 1.29 is 23.5 Å². The molecule has 22 heavy (non-hydrogen) atoms. The van der Waals surface area contributed by atoms with Gasteiger partial charge < -0.3 is 10.4 Å². The van der Waals surface area contributed by atoms with Crippen molar-refractivity contribution in [1.82, 2.24) is 0 Å². The van der Waals surface area contributed by atoms with Gasteiger partial charge in [-0.25, -0.2) is 8.78 Å². The molecule has 3 aliphatic rings. The topological polar surface area (TPSA) is 66.4 Å². The smallest absolute Gasteiger partial charge is 0.307 e. The van der Waals surface area contributed by atoms with Crippen LogP contribution in [0.2, 0.25) is 0 Å². The average Bonchev–Trinajstić information content (AvgIpc) is 2.51. The van der Waals surface area contributed by atoms with Crippen molar-refractivity contribution in [3.05, 3.63) is 42.0 Å². The molecular weight excluding hydrogens is 292 g/mol. The number of carbonyl (C=O) groups excluding carboxylic acids is 1. The SMILES string of the molecule is O=C(Nc1ccc(F)c(F)c1)[C@@H]1[C@H](C(=O)O)[C@H]2C=C[C@H]1CC2. The van der Waals surface area contributed by atoms with Crippen molar-refractivity contribution in [2.45, 2.75) is 12.8 Å². The molecule has 1 fully saturated rings. The number of hydrogen-bond donors (Lipinski definition) is 2. The first-order chi connectivity index (χ1) is 10.5. The molecule has 2 N–H and O–H groups in total. The van der Waals surface area contributed by atoms with Gasteiger partial charge in [-0.2, -0.15) is 0 Å². The lowest BCUT2D eigenvalue weighted by Gasteiger charge is -2.41. The highest BCUT2D eigenvalue weighted by molar-refractivity contribution is 5.96. The molecule has 0 unspecified atom stereocenters. The fourth-order valence-electron chi connectivity index (χ4n) is 3.49. The highest BCUT2D eigenvalue weighted by atomic mass is 19.2. The second-order valence-electron chi connectivity index (χ2n) is 5.80. The number of nitrogens with one attached hydrogen (secondary N) is 1. The maximum absolute atomic E-state index is 13.2. The van der Waals surface area contributed by atoms with E-state index in [1.165, 1.54) is 6.07 Å². The molecule has 2 bridgehead atoms. The van der Waals surface area contributed by atoms with Crippen molar-refractivity contribution in [2.75, 3.05) is 5.32 Å². The van der Waals surface area contributed by atoms with Gasteiger partial charge >= 0.3 is 5.97 Å². The summed E-state index contributed by atoms with van der Waals surface area (Å²) in [4.78, 5) is 23.9. The van der Waals surface area contributed by atoms with Crippen LogP contribution in [0.4, 0.5) is 14.5 Å². The summed E-state index contributed by atoms with van der Waals surface area (Å²) < 4.78 is 26.1. The molecule has 0 radical (unpaired) electrons. The molecule has 3 aliphatic carbocycles. The Morgan fingerprint density at radius 2 is 1.68 bits per heavy atom. The zero-order valence-corrected chi connectivity index (χ0v) is 11.6. The highest BCUT2D eigenvalue weighted by Gasteiger charge is 2.48. The van der Waals surface area contributed by atoms with Crippen molar-refractivity contribution >= 4 is 17.6 Å². The van der Waals surface area contributed by atoms with E-state index >= 15 is 0 Å². The van der Waals surface area contributed by atoms with Gasteiger partial charge in [0.05, 0.1) is 11.8 Å². The van der Waals surface area contributed by atoms with Gasteiger partial charge in [0.1, 0.15) is 0 Å². The summed E-state index contributed by atoms with van der Waals surface area (Å²) in [5.74, 6) is -5.25. The van der Waals surface area contributed by atoms with E-state index in [2.05, 4.69) is 5.32 Å². The van der Waals surface area contributed by atoms with Crippen molar-refractivity contribution in [3.63, 3.8) is 0 Å². The number of carbonyl (C=O) groups is 2. The summed E-state index contributed by atoms with van der Waals surface area (Å²) in [6, 6.07) is 3.06. The predicted molar refractivity (Wildman–Crippen MR) is 75.0 cm³/mol. The van der Waals surface area contributed by atoms with Crippen LogP contribution in [0.15, 0.2) is 30.4 Å². The Morgan fingerprint density at radius 3 is 2.23 bits per heavy atom. The molecule has 4 rings (SSSR count). The van der Waals surface area contributed by atoms with Gasteiger partial charge in [-0.3, -0.25) is 9.59 Å². The molecule has 1 aromatic rings. The molecule has 4 atom stereocenters. The monoisotopic (exact) mass is 307 g/mol. The summed E-state index contributed by atoms with van der Waals surface area (Å²) in [5.41, 5.74) is 0.124. The van der Waals surface area contributed by atoms with Crippen LogP contribution in [0.5, 0.6) is 0 Å².